The Balaban J connectivity index is 2.07. The average molecular weight is 375 g/mol. The number of piperidine rings is 1. The summed E-state index contributed by atoms with van der Waals surface area (Å²) >= 11 is 0. The van der Waals surface area contributed by atoms with Crippen molar-refractivity contribution in [3.63, 3.8) is 0 Å². The van der Waals surface area contributed by atoms with Crippen molar-refractivity contribution in [3.8, 4) is 5.75 Å². The van der Waals surface area contributed by atoms with Crippen molar-refractivity contribution in [1.29, 1.82) is 0 Å². The zero-order chi connectivity index (χ0) is 22.9. The molecule has 2 atom stereocenters. The highest BCUT2D eigenvalue weighted by atomic mass is 16.5. The van der Waals surface area contributed by atoms with Gasteiger partial charge < -0.3 is 25.0 Å². The molecule has 0 unspecified atom stereocenters. The van der Waals surface area contributed by atoms with Gasteiger partial charge in [-0.25, -0.2) is 4.79 Å². The van der Waals surface area contributed by atoms with Crippen LogP contribution in [0.25, 0.3) is 10.9 Å². The van der Waals surface area contributed by atoms with Gasteiger partial charge in [-0.3, -0.25) is 4.79 Å². The second kappa shape index (κ2) is 6.56. The fourth-order valence-electron chi connectivity index (χ4n) is 3.63. The van der Waals surface area contributed by atoms with Crippen LogP contribution in [0.15, 0.2) is 23.1 Å². The van der Waals surface area contributed by atoms with E-state index >= 15 is 0 Å². The number of ether oxygens (including phenoxy) is 1. The summed E-state index contributed by atoms with van der Waals surface area (Å²) in [7, 11) is 1.36. The lowest BCUT2D eigenvalue weighted by Crippen LogP contribution is -2.46. The average Bonchev–Trinajstić information content (AvgIpc) is 3.51. The minimum atomic E-state index is -2.22. The van der Waals surface area contributed by atoms with Gasteiger partial charge in [0.2, 0.25) is 5.43 Å². The topological polar surface area (TPSA) is 97.8 Å². The van der Waals surface area contributed by atoms with E-state index in [0.717, 1.165) is 17.7 Å². The predicted octanol–water partition coefficient (Wildman–Crippen LogP) is 2.22. The molecule has 144 valence electrons. The number of carbonyl (C=O) groups is 1. The van der Waals surface area contributed by atoms with Gasteiger partial charge in [0.1, 0.15) is 5.56 Å². The summed E-state index contributed by atoms with van der Waals surface area (Å²) in [6.45, 7) is -2.62. The molecule has 0 spiro atoms. The Hall–Kier alpha value is -2.54. The first-order valence-corrected chi connectivity index (χ1v) is 8.98. The van der Waals surface area contributed by atoms with Gasteiger partial charge in [0.05, 0.1) is 26.4 Å². The number of fused-ring (bicyclic) bond motifs is 1. The molecular formula is C20H25N3O4. The van der Waals surface area contributed by atoms with Crippen LogP contribution in [0.4, 0.5) is 5.69 Å². The first kappa shape index (κ1) is 13.6. The molecular weight excluding hydrogens is 346 g/mol. The van der Waals surface area contributed by atoms with Crippen LogP contribution in [0, 0.1) is 5.92 Å². The molecule has 1 aliphatic heterocycles. The second-order valence-electron chi connectivity index (χ2n) is 7.17. The molecule has 27 heavy (non-hydrogen) atoms. The molecule has 0 amide bonds. The van der Waals surface area contributed by atoms with Crippen molar-refractivity contribution in [3.05, 3.63) is 34.1 Å². The number of aromatic carboxylic acids is 1. The SMILES string of the molecule is [2H]C1([2H])[C@@H](C)C[C@H](N)C([2H])([2H])N1c1ccc2c(=O)c(C(=O)O)cn(C3CC3)c2c1OC. The van der Waals surface area contributed by atoms with Crippen molar-refractivity contribution in [2.24, 2.45) is 11.7 Å². The van der Waals surface area contributed by atoms with Gasteiger partial charge in [0.15, 0.2) is 5.75 Å². The molecule has 2 heterocycles. The molecule has 1 aromatic heterocycles. The van der Waals surface area contributed by atoms with Crippen molar-refractivity contribution in [2.45, 2.75) is 38.3 Å². The smallest absolute Gasteiger partial charge is 0.341 e. The van der Waals surface area contributed by atoms with Gasteiger partial charge in [-0.05, 0) is 37.3 Å². The summed E-state index contributed by atoms with van der Waals surface area (Å²) in [5, 5.41) is 9.59. The molecule has 7 nitrogen and oxygen atoms in total. The normalized spacial score (nSPS) is 28.8. The largest absolute Gasteiger partial charge is 0.492 e. The molecule has 7 heteroatoms. The number of anilines is 1. The van der Waals surface area contributed by atoms with Gasteiger partial charge in [0.25, 0.3) is 0 Å². The third-order valence-electron chi connectivity index (χ3n) is 4.99. The lowest BCUT2D eigenvalue weighted by atomic mass is 9.95. The summed E-state index contributed by atoms with van der Waals surface area (Å²) in [4.78, 5) is 25.5. The number of carboxylic acid groups (broad SMARTS) is 1. The van der Waals surface area contributed by atoms with Crippen molar-refractivity contribution in [2.75, 3.05) is 25.0 Å². The quantitative estimate of drug-likeness (QED) is 0.850. The summed E-state index contributed by atoms with van der Waals surface area (Å²) in [6.07, 6.45) is 3.07. The van der Waals surface area contributed by atoms with Crippen LogP contribution in [-0.4, -0.2) is 41.8 Å². The molecule has 1 saturated carbocycles. The zero-order valence-electron chi connectivity index (χ0n) is 19.2. The van der Waals surface area contributed by atoms with Gasteiger partial charge in [-0.2, -0.15) is 0 Å². The monoisotopic (exact) mass is 375 g/mol. The molecule has 0 radical (unpaired) electrons. The number of pyridine rings is 1. The Morgan fingerprint density at radius 1 is 1.37 bits per heavy atom. The number of carboxylic acids is 1. The molecule has 1 aliphatic carbocycles. The number of aromatic nitrogens is 1. The van der Waals surface area contributed by atoms with E-state index in [4.69, 9.17) is 16.0 Å². The van der Waals surface area contributed by atoms with Crippen LogP contribution >= 0.6 is 0 Å². The summed E-state index contributed by atoms with van der Waals surface area (Å²) in [6, 6.07) is 1.87. The van der Waals surface area contributed by atoms with E-state index < -0.39 is 36.4 Å². The van der Waals surface area contributed by atoms with Crippen LogP contribution in [0.1, 0.15) is 48.1 Å². The van der Waals surface area contributed by atoms with Crippen LogP contribution in [0.5, 0.6) is 5.75 Å². The number of hydrogen-bond donors (Lipinski definition) is 2. The fourth-order valence-corrected chi connectivity index (χ4v) is 3.63. The highest BCUT2D eigenvalue weighted by Crippen LogP contribution is 2.43. The Morgan fingerprint density at radius 2 is 2.11 bits per heavy atom. The molecule has 2 aliphatic rings. The maximum absolute atomic E-state index is 12.8. The van der Waals surface area contributed by atoms with Crippen molar-refractivity contribution >= 4 is 22.6 Å². The zero-order valence-corrected chi connectivity index (χ0v) is 15.2. The number of rotatable bonds is 4. The van der Waals surface area contributed by atoms with E-state index in [1.165, 1.54) is 25.4 Å². The van der Waals surface area contributed by atoms with E-state index in [0.29, 0.717) is 5.52 Å². The Labute approximate surface area is 162 Å². The summed E-state index contributed by atoms with van der Waals surface area (Å²) < 4.78 is 41.7. The molecule has 4 rings (SSSR count). The van der Waals surface area contributed by atoms with Crippen LogP contribution in [-0.2, 0) is 0 Å². The molecule has 2 aromatic rings. The number of benzene rings is 1. The molecule has 1 saturated heterocycles. The standard InChI is InChI=1S/C20H25N3O4/c1-11-7-12(21)9-22(8-11)16-6-5-14-17(19(16)27-2)23(13-3-4-13)10-15(18(14)24)20(25)26/h5-6,10-13H,3-4,7-9,21H2,1-2H3,(H,25,26)/t11-,12-/m0/s1/i8D2,9D2. The molecule has 3 N–H and O–H groups in total. The first-order chi connectivity index (χ1) is 14.4. The van der Waals surface area contributed by atoms with E-state index in [-0.39, 0.29) is 34.8 Å². The van der Waals surface area contributed by atoms with E-state index in [1.54, 1.807) is 11.5 Å². The Bertz CT molecular complexity index is 1110. The first-order valence-electron chi connectivity index (χ1n) is 11.0. The third kappa shape index (κ3) is 3.06. The number of methoxy groups -OCH3 is 1. The third-order valence-corrected chi connectivity index (χ3v) is 4.99. The van der Waals surface area contributed by atoms with E-state index in [9.17, 15) is 14.7 Å². The van der Waals surface area contributed by atoms with Gasteiger partial charge in [-0.15, -0.1) is 0 Å². The van der Waals surface area contributed by atoms with Crippen LogP contribution < -0.4 is 20.8 Å². The van der Waals surface area contributed by atoms with Gasteiger partial charge >= 0.3 is 5.97 Å². The number of nitrogens with two attached hydrogens (primary N) is 1. The summed E-state index contributed by atoms with van der Waals surface area (Å²) in [5.41, 5.74) is 5.51. The molecule has 1 aromatic carbocycles. The van der Waals surface area contributed by atoms with E-state index in [2.05, 4.69) is 0 Å². The summed E-state index contributed by atoms with van der Waals surface area (Å²) in [5.74, 6) is -1.77. The highest BCUT2D eigenvalue weighted by molar-refractivity contribution is 5.97. The van der Waals surface area contributed by atoms with Crippen LogP contribution in [0.3, 0.4) is 0 Å². The van der Waals surface area contributed by atoms with Crippen molar-refractivity contribution in [1.82, 2.24) is 4.57 Å². The highest BCUT2D eigenvalue weighted by Gasteiger charge is 2.31. The minimum Gasteiger partial charge on any atom is -0.492 e. The lowest BCUT2D eigenvalue weighted by molar-refractivity contribution is 0.0695. The molecule has 0 bridgehead atoms. The lowest BCUT2D eigenvalue weighted by Gasteiger charge is -2.37. The minimum absolute atomic E-state index is 0.0126. The fraction of sp³-hybridized carbons (Fsp3) is 0.500. The van der Waals surface area contributed by atoms with Gasteiger partial charge in [0, 0.05) is 34.0 Å². The number of nitrogens with zero attached hydrogens (tertiary/aromatic N) is 2. The van der Waals surface area contributed by atoms with Gasteiger partial charge in [-0.1, -0.05) is 6.92 Å². The molecule has 2 fully saturated rings. The Morgan fingerprint density at radius 3 is 2.74 bits per heavy atom. The maximum Gasteiger partial charge on any atom is 0.341 e. The maximum atomic E-state index is 12.8. The second-order valence-corrected chi connectivity index (χ2v) is 7.17. The number of hydrogen-bond acceptors (Lipinski definition) is 5. The predicted molar refractivity (Wildman–Crippen MR) is 104 cm³/mol. The van der Waals surface area contributed by atoms with E-state index in [1.807, 2.05) is 0 Å². The van der Waals surface area contributed by atoms with Crippen LogP contribution in [0.2, 0.25) is 0 Å². The Kier molecular flexibility index (Phi) is 3.31. The van der Waals surface area contributed by atoms with Crippen molar-refractivity contribution < 1.29 is 20.1 Å².